The van der Waals surface area contributed by atoms with Gasteiger partial charge in [0.25, 0.3) is 0 Å². The summed E-state index contributed by atoms with van der Waals surface area (Å²) in [5, 5.41) is 0. The molecule has 3 nitrogen and oxygen atoms in total. The molecule has 0 radical (unpaired) electrons. The number of nitrogens with zero attached hydrogens (tertiary/aromatic N) is 2. The Bertz CT molecular complexity index is 648. The van der Waals surface area contributed by atoms with Crippen molar-refractivity contribution in [1.82, 2.24) is 9.55 Å². The van der Waals surface area contributed by atoms with Crippen molar-refractivity contribution < 1.29 is 0 Å². The van der Waals surface area contributed by atoms with Crippen LogP contribution >= 0.6 is 0 Å². The van der Waals surface area contributed by atoms with Crippen LogP contribution < -0.4 is 5.73 Å². The van der Waals surface area contributed by atoms with E-state index in [9.17, 15) is 0 Å². The fraction of sp³-hybridized carbons (Fsp3) is 0.471. The topological polar surface area (TPSA) is 43.8 Å². The second kappa shape index (κ2) is 4.37. The lowest BCUT2D eigenvalue weighted by atomic mass is 10.1. The third-order valence-electron chi connectivity index (χ3n) is 4.46. The van der Waals surface area contributed by atoms with Gasteiger partial charge < -0.3 is 10.3 Å². The summed E-state index contributed by atoms with van der Waals surface area (Å²) in [6.45, 7) is 2.16. The first-order chi connectivity index (χ1) is 9.78. The minimum absolute atomic E-state index is 0.595. The van der Waals surface area contributed by atoms with E-state index in [1.807, 2.05) is 0 Å². The Kier molecular flexibility index (Phi) is 2.62. The molecule has 3 heteroatoms. The molecule has 0 aliphatic heterocycles. The number of rotatable bonds is 4. The molecule has 1 aromatic carbocycles. The van der Waals surface area contributed by atoms with Crippen LogP contribution in [0.25, 0.3) is 11.3 Å². The Morgan fingerprint density at radius 3 is 2.70 bits per heavy atom. The van der Waals surface area contributed by atoms with Gasteiger partial charge in [0, 0.05) is 18.0 Å². The first-order valence-electron chi connectivity index (χ1n) is 7.74. The fourth-order valence-electron chi connectivity index (χ4n) is 3.05. The van der Waals surface area contributed by atoms with Crippen molar-refractivity contribution in [3.8, 4) is 11.3 Å². The molecule has 2 fully saturated rings. The minimum atomic E-state index is 0.595. The highest BCUT2D eigenvalue weighted by Crippen LogP contribution is 2.43. The molecule has 4 rings (SSSR count). The summed E-state index contributed by atoms with van der Waals surface area (Å²) in [7, 11) is 0. The van der Waals surface area contributed by atoms with Crippen LogP contribution in [0.2, 0.25) is 0 Å². The Morgan fingerprint density at radius 2 is 2.05 bits per heavy atom. The van der Waals surface area contributed by atoms with Crippen LogP contribution in [-0.4, -0.2) is 9.55 Å². The summed E-state index contributed by atoms with van der Waals surface area (Å²) < 4.78 is 2.26. The lowest BCUT2D eigenvalue weighted by molar-refractivity contribution is 0.696. The van der Waals surface area contributed by atoms with Crippen LogP contribution in [0.5, 0.6) is 0 Å². The molecule has 2 aliphatic rings. The molecule has 20 heavy (non-hydrogen) atoms. The molecule has 0 unspecified atom stereocenters. The molecule has 0 saturated heterocycles. The van der Waals surface area contributed by atoms with Crippen molar-refractivity contribution in [2.75, 3.05) is 5.73 Å². The average molecular weight is 267 g/mol. The van der Waals surface area contributed by atoms with Crippen LogP contribution in [-0.2, 0) is 6.42 Å². The van der Waals surface area contributed by atoms with Crippen molar-refractivity contribution in [1.29, 1.82) is 0 Å². The first-order valence-corrected chi connectivity index (χ1v) is 7.74. The number of hydrogen-bond donors (Lipinski definition) is 1. The van der Waals surface area contributed by atoms with E-state index < -0.39 is 0 Å². The second-order valence-corrected chi connectivity index (χ2v) is 6.12. The van der Waals surface area contributed by atoms with Gasteiger partial charge in [-0.15, -0.1) is 0 Å². The van der Waals surface area contributed by atoms with E-state index in [4.69, 9.17) is 10.7 Å². The van der Waals surface area contributed by atoms with Gasteiger partial charge in [-0.2, -0.15) is 0 Å². The van der Waals surface area contributed by atoms with E-state index >= 15 is 0 Å². The number of aryl methyl sites for hydroxylation is 1. The number of benzene rings is 1. The van der Waals surface area contributed by atoms with Crippen molar-refractivity contribution >= 4 is 5.82 Å². The van der Waals surface area contributed by atoms with Crippen LogP contribution in [0.4, 0.5) is 5.82 Å². The summed E-state index contributed by atoms with van der Waals surface area (Å²) in [6, 6.07) is 9.40. The van der Waals surface area contributed by atoms with E-state index in [1.165, 1.54) is 36.8 Å². The van der Waals surface area contributed by atoms with Crippen LogP contribution in [0.15, 0.2) is 24.3 Å². The largest absolute Gasteiger partial charge is 0.383 e. The zero-order valence-corrected chi connectivity index (χ0v) is 12.0. The maximum absolute atomic E-state index is 6.39. The van der Waals surface area contributed by atoms with Gasteiger partial charge in [0.15, 0.2) is 0 Å². The van der Waals surface area contributed by atoms with Gasteiger partial charge in [-0.3, -0.25) is 0 Å². The lowest BCUT2D eigenvalue weighted by Gasteiger charge is -2.07. The molecule has 2 saturated carbocycles. The number of hydrogen-bond acceptors (Lipinski definition) is 2. The van der Waals surface area contributed by atoms with Crippen molar-refractivity contribution in [2.24, 2.45) is 0 Å². The summed E-state index contributed by atoms with van der Waals surface area (Å²) in [5.41, 5.74) is 10.0. The molecule has 104 valence electrons. The summed E-state index contributed by atoms with van der Waals surface area (Å²) in [4.78, 5) is 4.82. The van der Waals surface area contributed by atoms with Gasteiger partial charge in [-0.25, -0.2) is 4.98 Å². The van der Waals surface area contributed by atoms with Crippen LogP contribution in [0.1, 0.15) is 56.0 Å². The van der Waals surface area contributed by atoms with Crippen molar-refractivity contribution in [2.45, 2.75) is 51.0 Å². The predicted molar refractivity (Wildman–Crippen MR) is 81.7 cm³/mol. The third-order valence-corrected chi connectivity index (χ3v) is 4.46. The number of anilines is 1. The van der Waals surface area contributed by atoms with Crippen LogP contribution in [0, 0.1) is 0 Å². The molecule has 2 aromatic rings. The van der Waals surface area contributed by atoms with E-state index in [-0.39, 0.29) is 0 Å². The lowest BCUT2D eigenvalue weighted by Crippen LogP contribution is -2.04. The standard InChI is InChI=1S/C17H21N3/c1-2-15-19-16(17(18)20(15)14-8-9-14)13-5-3-4-12(10-13)11-6-7-11/h3-5,10-11,14H,2,6-9,18H2,1H3. The summed E-state index contributed by atoms with van der Waals surface area (Å²) in [6.07, 6.45) is 6.10. The Morgan fingerprint density at radius 1 is 1.25 bits per heavy atom. The number of aromatic nitrogens is 2. The Hall–Kier alpha value is -1.77. The molecule has 0 spiro atoms. The quantitative estimate of drug-likeness (QED) is 0.912. The highest BCUT2D eigenvalue weighted by atomic mass is 15.2. The van der Waals surface area contributed by atoms with Gasteiger partial charge in [0.2, 0.25) is 0 Å². The zero-order valence-electron chi connectivity index (χ0n) is 12.0. The Balaban J connectivity index is 1.79. The van der Waals surface area contributed by atoms with Gasteiger partial charge >= 0.3 is 0 Å². The molecule has 0 bridgehead atoms. The molecule has 1 heterocycles. The molecule has 2 N–H and O–H groups in total. The number of nitrogens with two attached hydrogens (primary N) is 1. The van der Waals surface area contributed by atoms with E-state index in [0.29, 0.717) is 6.04 Å². The number of nitrogen functional groups attached to an aromatic ring is 1. The van der Waals surface area contributed by atoms with Gasteiger partial charge in [0.05, 0.1) is 0 Å². The van der Waals surface area contributed by atoms with E-state index in [0.717, 1.165) is 29.7 Å². The Labute approximate surface area is 119 Å². The third kappa shape index (κ3) is 1.92. The minimum Gasteiger partial charge on any atom is -0.383 e. The molecule has 1 aromatic heterocycles. The van der Waals surface area contributed by atoms with E-state index in [2.05, 4.69) is 35.8 Å². The van der Waals surface area contributed by atoms with Crippen molar-refractivity contribution in [3.63, 3.8) is 0 Å². The molecular formula is C17H21N3. The highest BCUT2D eigenvalue weighted by molar-refractivity contribution is 5.72. The summed E-state index contributed by atoms with van der Waals surface area (Å²) >= 11 is 0. The van der Waals surface area contributed by atoms with E-state index in [1.54, 1.807) is 0 Å². The molecular weight excluding hydrogens is 246 g/mol. The van der Waals surface area contributed by atoms with Gasteiger partial charge in [-0.1, -0.05) is 25.1 Å². The van der Waals surface area contributed by atoms with Crippen molar-refractivity contribution in [3.05, 3.63) is 35.7 Å². The monoisotopic (exact) mass is 267 g/mol. The SMILES string of the molecule is CCc1nc(-c2cccc(C3CC3)c2)c(N)n1C1CC1. The predicted octanol–water partition coefficient (Wildman–Crippen LogP) is 3.91. The summed E-state index contributed by atoms with van der Waals surface area (Å²) in [5.74, 6) is 2.77. The smallest absolute Gasteiger partial charge is 0.131 e. The second-order valence-electron chi connectivity index (χ2n) is 6.12. The average Bonchev–Trinajstić information content (AvgIpc) is 3.36. The van der Waals surface area contributed by atoms with Crippen LogP contribution in [0.3, 0.4) is 0 Å². The first kappa shape index (κ1) is 12.0. The zero-order chi connectivity index (χ0) is 13.7. The molecule has 2 aliphatic carbocycles. The normalized spacial score (nSPS) is 18.4. The maximum Gasteiger partial charge on any atom is 0.131 e. The maximum atomic E-state index is 6.39. The highest BCUT2D eigenvalue weighted by Gasteiger charge is 2.30. The van der Waals surface area contributed by atoms with Gasteiger partial charge in [-0.05, 0) is 43.2 Å². The molecule has 0 amide bonds. The molecule has 0 atom stereocenters. The number of imidazole rings is 1. The van der Waals surface area contributed by atoms with Gasteiger partial charge in [0.1, 0.15) is 17.3 Å². The fourth-order valence-corrected chi connectivity index (χ4v) is 3.05.